The van der Waals surface area contributed by atoms with Gasteiger partial charge in [0, 0.05) is 12.1 Å². The molecule has 156 valence electrons. The molecule has 2 aromatic rings. The van der Waals surface area contributed by atoms with Crippen molar-refractivity contribution in [3.63, 3.8) is 0 Å². The number of hydrogen-bond donors (Lipinski definition) is 0. The third-order valence-electron chi connectivity index (χ3n) is 6.13. The Morgan fingerprint density at radius 1 is 1.17 bits per heavy atom. The summed E-state index contributed by atoms with van der Waals surface area (Å²) in [6.45, 7) is 0.567. The molecule has 2 unspecified atom stereocenters. The molecular weight excluding hydrogens is 388 g/mol. The molecule has 0 bridgehead atoms. The highest BCUT2D eigenvalue weighted by Crippen LogP contribution is 2.33. The SMILES string of the molecule is CN(CC(=O)N(Cc1ccco1)C1CCS(=O)(=O)C1)C1CCCc2ccccc21. The Balaban J connectivity index is 1.50. The number of amides is 1. The predicted molar refractivity (Wildman–Crippen MR) is 111 cm³/mol. The average Bonchev–Trinajstić information content (AvgIpc) is 3.34. The van der Waals surface area contributed by atoms with E-state index >= 15 is 0 Å². The molecule has 0 radical (unpaired) electrons. The Morgan fingerprint density at radius 2 is 2.00 bits per heavy atom. The van der Waals surface area contributed by atoms with Crippen molar-refractivity contribution < 1.29 is 17.6 Å². The summed E-state index contributed by atoms with van der Waals surface area (Å²) in [4.78, 5) is 17.1. The van der Waals surface area contributed by atoms with Gasteiger partial charge in [0.2, 0.25) is 5.91 Å². The van der Waals surface area contributed by atoms with E-state index in [1.54, 1.807) is 17.2 Å². The summed E-state index contributed by atoms with van der Waals surface area (Å²) in [7, 11) is -1.09. The Bertz CT molecular complexity index is 955. The van der Waals surface area contributed by atoms with Crippen LogP contribution in [0.2, 0.25) is 0 Å². The van der Waals surface area contributed by atoms with Gasteiger partial charge in [0.05, 0.1) is 30.9 Å². The number of fused-ring (bicyclic) bond motifs is 1. The first-order valence-corrected chi connectivity index (χ1v) is 12.1. The van der Waals surface area contributed by atoms with Crippen LogP contribution in [0.15, 0.2) is 47.1 Å². The van der Waals surface area contributed by atoms with Crippen molar-refractivity contribution >= 4 is 15.7 Å². The van der Waals surface area contributed by atoms with Crippen LogP contribution in [0.3, 0.4) is 0 Å². The standard InChI is InChI=1S/C22H28N2O4S/c1-23(21-10-4-7-17-6-2-3-9-20(17)21)15-22(25)24(14-19-8-5-12-28-19)18-11-13-29(26,27)16-18/h2-3,5-6,8-9,12,18,21H,4,7,10-11,13-16H2,1H3. The highest BCUT2D eigenvalue weighted by molar-refractivity contribution is 7.91. The molecule has 1 aromatic carbocycles. The number of hydrogen-bond acceptors (Lipinski definition) is 5. The van der Waals surface area contributed by atoms with E-state index in [-0.39, 0.29) is 36.0 Å². The Labute approximate surface area is 172 Å². The summed E-state index contributed by atoms with van der Waals surface area (Å²) in [6, 6.07) is 12.0. The first-order valence-electron chi connectivity index (χ1n) is 10.2. The van der Waals surface area contributed by atoms with Crippen LogP contribution in [-0.4, -0.2) is 55.3 Å². The van der Waals surface area contributed by atoms with Crippen molar-refractivity contribution in [3.05, 3.63) is 59.5 Å². The van der Waals surface area contributed by atoms with E-state index in [1.807, 2.05) is 13.1 Å². The van der Waals surface area contributed by atoms with Gasteiger partial charge >= 0.3 is 0 Å². The molecule has 0 N–H and O–H groups in total. The van der Waals surface area contributed by atoms with Crippen LogP contribution in [0.1, 0.15) is 42.2 Å². The monoisotopic (exact) mass is 416 g/mol. The van der Waals surface area contributed by atoms with Gasteiger partial charge in [-0.2, -0.15) is 0 Å². The van der Waals surface area contributed by atoms with Gasteiger partial charge in [0.25, 0.3) is 0 Å². The quantitative estimate of drug-likeness (QED) is 0.724. The molecule has 2 aliphatic rings. The molecule has 29 heavy (non-hydrogen) atoms. The van der Waals surface area contributed by atoms with Gasteiger partial charge in [-0.3, -0.25) is 9.69 Å². The Morgan fingerprint density at radius 3 is 2.72 bits per heavy atom. The second-order valence-electron chi connectivity index (χ2n) is 8.18. The highest BCUT2D eigenvalue weighted by atomic mass is 32.2. The van der Waals surface area contributed by atoms with E-state index in [9.17, 15) is 13.2 Å². The average molecular weight is 417 g/mol. The molecule has 2 heterocycles. The van der Waals surface area contributed by atoms with E-state index in [1.165, 1.54) is 11.1 Å². The normalized spacial score (nSPS) is 23.1. The minimum Gasteiger partial charge on any atom is -0.467 e. The third-order valence-corrected chi connectivity index (χ3v) is 7.88. The van der Waals surface area contributed by atoms with Gasteiger partial charge in [0.1, 0.15) is 5.76 Å². The summed E-state index contributed by atoms with van der Waals surface area (Å²) in [6.07, 6.45) is 5.28. The fourth-order valence-corrected chi connectivity index (χ4v) is 6.34. The van der Waals surface area contributed by atoms with E-state index in [4.69, 9.17) is 4.42 Å². The maximum atomic E-state index is 13.3. The summed E-state index contributed by atoms with van der Waals surface area (Å²) in [5, 5.41) is 0. The largest absolute Gasteiger partial charge is 0.467 e. The smallest absolute Gasteiger partial charge is 0.237 e. The molecule has 4 rings (SSSR count). The predicted octanol–water partition coefficient (Wildman–Crippen LogP) is 2.80. The van der Waals surface area contributed by atoms with Crippen LogP contribution in [-0.2, 0) is 27.6 Å². The van der Waals surface area contributed by atoms with E-state index in [0.717, 1.165) is 19.3 Å². The maximum absolute atomic E-state index is 13.3. The van der Waals surface area contributed by atoms with Crippen molar-refractivity contribution in [2.24, 2.45) is 0 Å². The number of aryl methyl sites for hydroxylation is 1. The second-order valence-corrected chi connectivity index (χ2v) is 10.4. The molecule has 7 heteroatoms. The number of carbonyl (C=O) groups is 1. The zero-order chi connectivity index (χ0) is 20.4. The summed E-state index contributed by atoms with van der Waals surface area (Å²) in [5.74, 6) is 0.809. The molecule has 1 amide bonds. The van der Waals surface area contributed by atoms with Crippen LogP contribution < -0.4 is 0 Å². The number of likely N-dealkylation sites (N-methyl/N-ethyl adjacent to an activating group) is 1. The number of nitrogens with zero attached hydrogens (tertiary/aromatic N) is 2. The van der Waals surface area contributed by atoms with E-state index < -0.39 is 9.84 Å². The minimum absolute atomic E-state index is 0.0371. The summed E-state index contributed by atoms with van der Waals surface area (Å²) >= 11 is 0. The highest BCUT2D eigenvalue weighted by Gasteiger charge is 2.36. The molecule has 2 atom stereocenters. The fourth-order valence-electron chi connectivity index (χ4n) is 4.61. The number of sulfone groups is 1. The Kier molecular flexibility index (Phi) is 5.79. The minimum atomic E-state index is -3.08. The van der Waals surface area contributed by atoms with Gasteiger partial charge < -0.3 is 9.32 Å². The third kappa shape index (κ3) is 4.56. The first-order chi connectivity index (χ1) is 13.9. The van der Waals surface area contributed by atoms with Crippen LogP contribution in [0.5, 0.6) is 0 Å². The van der Waals surface area contributed by atoms with Crippen LogP contribution in [0.4, 0.5) is 0 Å². The summed E-state index contributed by atoms with van der Waals surface area (Å²) < 4.78 is 29.4. The van der Waals surface area contributed by atoms with Crippen molar-refractivity contribution in [1.29, 1.82) is 0 Å². The number of benzene rings is 1. The maximum Gasteiger partial charge on any atom is 0.237 e. The molecular formula is C22H28N2O4S. The van der Waals surface area contributed by atoms with Gasteiger partial charge in [0.15, 0.2) is 9.84 Å². The molecule has 0 spiro atoms. The lowest BCUT2D eigenvalue weighted by Gasteiger charge is -2.35. The topological polar surface area (TPSA) is 70.8 Å². The van der Waals surface area contributed by atoms with Crippen molar-refractivity contribution in [2.45, 2.75) is 44.3 Å². The lowest BCUT2D eigenvalue weighted by molar-refractivity contribution is -0.135. The molecule has 1 aliphatic heterocycles. The first kappa shape index (κ1) is 20.2. The van der Waals surface area contributed by atoms with Gasteiger partial charge in [-0.05, 0) is 56.0 Å². The van der Waals surface area contributed by atoms with Crippen molar-refractivity contribution in [3.8, 4) is 0 Å². The number of rotatable bonds is 6. The van der Waals surface area contributed by atoms with Crippen molar-refractivity contribution in [2.75, 3.05) is 25.1 Å². The second kappa shape index (κ2) is 8.32. The van der Waals surface area contributed by atoms with Crippen LogP contribution >= 0.6 is 0 Å². The fraction of sp³-hybridized carbons (Fsp3) is 0.500. The number of carbonyl (C=O) groups excluding carboxylic acids is 1. The van der Waals surface area contributed by atoms with E-state index in [0.29, 0.717) is 18.7 Å². The summed E-state index contributed by atoms with van der Waals surface area (Å²) in [5.41, 5.74) is 2.66. The van der Waals surface area contributed by atoms with Gasteiger partial charge in [-0.15, -0.1) is 0 Å². The molecule has 0 saturated carbocycles. The zero-order valence-corrected chi connectivity index (χ0v) is 17.6. The van der Waals surface area contributed by atoms with Crippen LogP contribution in [0.25, 0.3) is 0 Å². The van der Waals surface area contributed by atoms with Crippen LogP contribution in [0, 0.1) is 0 Å². The van der Waals surface area contributed by atoms with Gasteiger partial charge in [-0.25, -0.2) is 8.42 Å². The van der Waals surface area contributed by atoms with Crippen molar-refractivity contribution in [1.82, 2.24) is 9.80 Å². The number of furan rings is 1. The van der Waals surface area contributed by atoms with Gasteiger partial charge in [-0.1, -0.05) is 24.3 Å². The molecule has 1 aromatic heterocycles. The Hall–Kier alpha value is -2.12. The zero-order valence-electron chi connectivity index (χ0n) is 16.8. The lowest BCUT2D eigenvalue weighted by atomic mass is 9.87. The lowest BCUT2D eigenvalue weighted by Crippen LogP contribution is -2.46. The molecule has 1 saturated heterocycles. The molecule has 1 aliphatic carbocycles. The van der Waals surface area contributed by atoms with E-state index in [2.05, 4.69) is 29.2 Å². The molecule has 1 fully saturated rings. The molecule has 6 nitrogen and oxygen atoms in total.